The minimum Gasteiger partial charge on any atom is -0.870 e. The molecule has 0 aliphatic carbocycles. The zero-order chi connectivity index (χ0) is 25.7. The fourth-order valence-electron chi connectivity index (χ4n) is 4.42. The molecule has 2 aromatic carbocycles. The number of anilines is 1. The van der Waals surface area contributed by atoms with Crippen LogP contribution in [0.15, 0.2) is 53.7 Å². The van der Waals surface area contributed by atoms with Gasteiger partial charge in [-0.05, 0) is 35.9 Å². The van der Waals surface area contributed by atoms with Crippen LogP contribution in [0, 0.1) is 11.3 Å². The summed E-state index contributed by atoms with van der Waals surface area (Å²) in [5.74, 6) is -1.83. The van der Waals surface area contributed by atoms with Crippen molar-refractivity contribution in [3.8, 4) is 6.07 Å². The Hall–Kier alpha value is -3.77. The van der Waals surface area contributed by atoms with E-state index in [4.69, 9.17) is 0 Å². The number of benzene rings is 2. The number of hydrogen-bond donors (Lipinski definition) is 1. The Balaban J connectivity index is 0.00000241. The van der Waals surface area contributed by atoms with Gasteiger partial charge in [-0.3, -0.25) is 9.69 Å². The number of nitrogens with zero attached hydrogens (tertiary/aromatic N) is 4. The summed E-state index contributed by atoms with van der Waals surface area (Å²) in [7, 11) is 2.90. The summed E-state index contributed by atoms with van der Waals surface area (Å²) in [6, 6.07) is 8.19. The van der Waals surface area contributed by atoms with Crippen molar-refractivity contribution in [1.29, 1.82) is 5.26 Å². The van der Waals surface area contributed by atoms with E-state index in [2.05, 4.69) is 0 Å². The molecule has 0 bridgehead atoms. The molecule has 188 valence electrons. The number of nitriles is 1. The van der Waals surface area contributed by atoms with E-state index in [1.807, 2.05) is 6.07 Å². The summed E-state index contributed by atoms with van der Waals surface area (Å²) in [4.78, 5) is 42.5. The molecule has 3 amide bonds. The molecular weight excluding hydrogens is 488 g/mol. The Kier molecular flexibility index (Phi) is 8.51. The topological polar surface area (TPSA) is 135 Å². The molecule has 0 saturated heterocycles. The maximum Gasteiger partial charge on any atom is 1.00 e. The van der Waals surface area contributed by atoms with Crippen LogP contribution in [0.25, 0.3) is 0 Å². The first-order chi connectivity index (χ1) is 16.5. The number of rotatable bonds is 3. The molecule has 1 atom stereocenters. The zero-order valence-electron chi connectivity index (χ0n) is 20.1. The predicted molar refractivity (Wildman–Crippen MR) is 119 cm³/mol. The van der Waals surface area contributed by atoms with Crippen LogP contribution >= 0.6 is 0 Å². The molecule has 0 fully saturated rings. The predicted octanol–water partition coefficient (Wildman–Crippen LogP) is 0.832. The number of hydrogen-bond acceptors (Lipinski definition) is 5. The van der Waals surface area contributed by atoms with E-state index in [0.717, 1.165) is 28.0 Å². The first-order valence-electron chi connectivity index (χ1n) is 10.5. The maximum absolute atomic E-state index is 13.5. The number of aromatic carboxylic acids is 1. The quantitative estimate of drug-likeness (QED) is 0.611. The van der Waals surface area contributed by atoms with E-state index in [-0.39, 0.29) is 71.0 Å². The number of amides is 3. The van der Waals surface area contributed by atoms with E-state index in [1.165, 1.54) is 36.2 Å². The molecule has 2 aromatic rings. The molecule has 0 aromatic heterocycles. The summed E-state index contributed by atoms with van der Waals surface area (Å²) < 4.78 is 40.1. The van der Waals surface area contributed by atoms with Crippen molar-refractivity contribution in [3.63, 3.8) is 0 Å². The first-order valence-corrected chi connectivity index (χ1v) is 10.5. The molecule has 0 spiro atoms. The number of carboxylic acid groups (broad SMARTS) is 1. The number of halogens is 3. The van der Waals surface area contributed by atoms with Crippen LogP contribution < -0.4 is 23.8 Å². The van der Waals surface area contributed by atoms with Gasteiger partial charge < -0.3 is 20.4 Å². The monoisotopic (exact) mass is 508 g/mol. The number of urea groups is 1. The summed E-state index contributed by atoms with van der Waals surface area (Å²) in [5.41, 5.74) is -0.761. The Morgan fingerprint density at radius 3 is 2.41 bits per heavy atom. The normalized spacial score (nSPS) is 17.5. The van der Waals surface area contributed by atoms with Gasteiger partial charge in [0, 0.05) is 32.8 Å². The number of carboxylic acids is 1. The van der Waals surface area contributed by atoms with Crippen LogP contribution in [0.4, 0.5) is 23.7 Å². The summed E-state index contributed by atoms with van der Waals surface area (Å²) in [6.45, 7) is 0.218. The molecule has 2 aliphatic rings. The molecule has 0 radical (unpaired) electrons. The summed E-state index contributed by atoms with van der Waals surface area (Å²) in [5, 5.41) is 19.0. The Morgan fingerprint density at radius 1 is 1.14 bits per heavy atom. The average molecular weight is 508 g/mol. The van der Waals surface area contributed by atoms with Gasteiger partial charge in [0.1, 0.15) is 0 Å². The van der Waals surface area contributed by atoms with Crippen molar-refractivity contribution >= 4 is 23.6 Å². The standard InChI is InChI=1S/C24H19F3N4O4.Li.H2O/c1-29-9-8-18-19(21(29)32)20(16-7-6-13(12-28)10-17(16)22(33)34)30(2)23(35)31(18)15-5-3-4-14(11-15)24(25,26)27;;/h3-7,10-11,20H,8-9H2,1-2H3,(H,33,34);;1H2/q;+1;/p-1. The minimum absolute atomic E-state index is 0. The van der Waals surface area contributed by atoms with Gasteiger partial charge in [-0.15, -0.1) is 0 Å². The fraction of sp³-hybridized carbons (Fsp3) is 0.250. The molecule has 37 heavy (non-hydrogen) atoms. The number of likely N-dealkylation sites (N-methyl/N-ethyl adjacent to an activating group) is 2. The van der Waals surface area contributed by atoms with Gasteiger partial charge in [0.15, 0.2) is 0 Å². The van der Waals surface area contributed by atoms with Gasteiger partial charge in [0.2, 0.25) is 0 Å². The second-order valence-electron chi connectivity index (χ2n) is 8.24. The second-order valence-corrected chi connectivity index (χ2v) is 8.24. The Bertz CT molecular complexity index is 1340. The van der Waals surface area contributed by atoms with Crippen molar-refractivity contribution in [1.82, 2.24) is 9.80 Å². The van der Waals surface area contributed by atoms with Gasteiger partial charge in [-0.25, -0.2) is 9.59 Å². The van der Waals surface area contributed by atoms with Gasteiger partial charge in [-0.2, -0.15) is 18.4 Å². The van der Waals surface area contributed by atoms with Gasteiger partial charge in [-0.1, -0.05) is 12.1 Å². The number of carbonyl (C=O) groups is 3. The van der Waals surface area contributed by atoms with Crippen molar-refractivity contribution in [2.45, 2.75) is 18.6 Å². The van der Waals surface area contributed by atoms with Crippen LogP contribution in [0.3, 0.4) is 0 Å². The van der Waals surface area contributed by atoms with E-state index in [1.54, 1.807) is 7.05 Å². The van der Waals surface area contributed by atoms with Gasteiger partial charge in [0.25, 0.3) is 5.91 Å². The Morgan fingerprint density at radius 2 is 1.81 bits per heavy atom. The summed E-state index contributed by atoms with van der Waals surface area (Å²) in [6.07, 6.45) is -4.47. The van der Waals surface area contributed by atoms with Crippen LogP contribution in [0.2, 0.25) is 0 Å². The zero-order valence-corrected chi connectivity index (χ0v) is 20.1. The van der Waals surface area contributed by atoms with E-state index in [9.17, 15) is 37.9 Å². The van der Waals surface area contributed by atoms with Crippen LogP contribution in [0.5, 0.6) is 0 Å². The third kappa shape index (κ3) is 5.07. The van der Waals surface area contributed by atoms with Crippen LogP contribution in [-0.2, 0) is 11.0 Å². The van der Waals surface area contributed by atoms with Crippen molar-refractivity contribution in [3.05, 3.63) is 76.0 Å². The van der Waals surface area contributed by atoms with Crippen molar-refractivity contribution in [2.75, 3.05) is 25.5 Å². The largest absolute Gasteiger partial charge is 1.00 e. The molecule has 2 heterocycles. The van der Waals surface area contributed by atoms with Gasteiger partial charge in [0.05, 0.1) is 40.1 Å². The van der Waals surface area contributed by atoms with Gasteiger partial charge >= 0.3 is 37.0 Å². The Labute approximate surface area is 221 Å². The summed E-state index contributed by atoms with van der Waals surface area (Å²) >= 11 is 0. The number of alkyl halides is 3. The molecule has 1 unspecified atom stereocenters. The average Bonchev–Trinajstić information content (AvgIpc) is 2.82. The smallest absolute Gasteiger partial charge is 0.870 e. The SMILES string of the molecule is CN1CCC2=C(C1=O)C(c1ccc(C#N)cc1C(=O)O)N(C)C(=O)N2c1cccc(C(F)(F)F)c1.[Li+].[OH-]. The van der Waals surface area contributed by atoms with Crippen LogP contribution in [-0.4, -0.2) is 58.9 Å². The fourth-order valence-corrected chi connectivity index (χ4v) is 4.42. The van der Waals surface area contributed by atoms with E-state index < -0.39 is 35.7 Å². The minimum atomic E-state index is -4.64. The van der Waals surface area contributed by atoms with E-state index >= 15 is 0 Å². The third-order valence-electron chi connectivity index (χ3n) is 6.13. The second kappa shape index (κ2) is 10.7. The molecule has 4 rings (SSSR count). The number of carbonyl (C=O) groups excluding carboxylic acids is 2. The molecule has 2 N–H and O–H groups in total. The molecule has 13 heteroatoms. The molecule has 9 nitrogen and oxygen atoms in total. The third-order valence-corrected chi connectivity index (χ3v) is 6.13. The van der Waals surface area contributed by atoms with Crippen LogP contribution in [0.1, 0.15) is 39.5 Å². The van der Waals surface area contributed by atoms with Crippen molar-refractivity contribution < 1.29 is 57.0 Å². The van der Waals surface area contributed by atoms with Crippen molar-refractivity contribution in [2.24, 2.45) is 0 Å². The first kappa shape index (κ1) is 29.5. The molecule has 0 saturated carbocycles. The molecular formula is C24H20F3LiN4O5. The molecule has 2 aliphatic heterocycles. The maximum atomic E-state index is 13.5. The van der Waals surface area contributed by atoms with E-state index in [0.29, 0.717) is 0 Å².